The van der Waals surface area contributed by atoms with Crippen LogP contribution in [0.3, 0.4) is 0 Å². The Hall–Kier alpha value is -1.67. The maximum absolute atomic E-state index is 8.22. The second-order valence-electron chi connectivity index (χ2n) is 4.00. The van der Waals surface area contributed by atoms with Crippen molar-refractivity contribution in [3.05, 3.63) is 39.8 Å². The molecule has 16 heavy (non-hydrogen) atoms. The Labute approximate surface area is 95.5 Å². The van der Waals surface area contributed by atoms with Crippen molar-refractivity contribution in [1.82, 2.24) is 0 Å². The van der Waals surface area contributed by atoms with Crippen molar-refractivity contribution in [2.75, 3.05) is 24.5 Å². The van der Waals surface area contributed by atoms with E-state index in [1.807, 2.05) is 0 Å². The molecule has 0 unspecified atom stereocenters. The summed E-state index contributed by atoms with van der Waals surface area (Å²) < 4.78 is 0. The molecule has 0 N–H and O–H groups in total. The zero-order valence-electron chi connectivity index (χ0n) is 9.56. The van der Waals surface area contributed by atoms with Gasteiger partial charge >= 0.3 is 0 Å². The molecule has 1 heterocycles. The average molecular weight is 216 g/mol. The summed E-state index contributed by atoms with van der Waals surface area (Å²) >= 11 is 0. The summed E-state index contributed by atoms with van der Waals surface area (Å²) in [6.45, 7) is 4.94. The lowest BCUT2D eigenvalue weighted by Gasteiger charge is -2.16. The molecule has 4 heteroatoms. The predicted molar refractivity (Wildman–Crippen MR) is 65.8 cm³/mol. The van der Waals surface area contributed by atoms with E-state index in [-0.39, 0.29) is 0 Å². The van der Waals surface area contributed by atoms with Gasteiger partial charge in [0.25, 0.3) is 0 Å². The number of hydrogen-bond donors (Lipinski definition) is 0. The Balaban J connectivity index is 2.11. The standard InChI is InChI=1S/C12H16N4/c1-2-16-8-6-11-9-10(3-4-12(11)16)5-7-14-15-13/h3-4,9H,2,5-8H2,1H3. The van der Waals surface area contributed by atoms with Gasteiger partial charge in [-0.3, -0.25) is 0 Å². The predicted octanol–water partition coefficient (Wildman–Crippen LogP) is 2.92. The SMILES string of the molecule is CCN1CCc2cc(CCN=[N+]=[N-])ccc21. The van der Waals surface area contributed by atoms with Gasteiger partial charge in [-0.15, -0.1) is 0 Å². The summed E-state index contributed by atoms with van der Waals surface area (Å²) in [6, 6.07) is 6.58. The second-order valence-corrected chi connectivity index (χ2v) is 4.00. The van der Waals surface area contributed by atoms with E-state index < -0.39 is 0 Å². The van der Waals surface area contributed by atoms with Crippen LogP contribution in [-0.2, 0) is 12.8 Å². The van der Waals surface area contributed by atoms with Crippen LogP contribution in [-0.4, -0.2) is 19.6 Å². The maximum Gasteiger partial charge on any atom is 0.0399 e. The van der Waals surface area contributed by atoms with Gasteiger partial charge in [0.2, 0.25) is 0 Å². The Bertz CT molecular complexity index is 421. The van der Waals surface area contributed by atoms with Crippen molar-refractivity contribution in [1.29, 1.82) is 0 Å². The Kier molecular flexibility index (Phi) is 3.32. The summed E-state index contributed by atoms with van der Waals surface area (Å²) in [4.78, 5) is 5.16. The van der Waals surface area contributed by atoms with E-state index in [0.717, 1.165) is 25.9 Å². The Morgan fingerprint density at radius 1 is 1.50 bits per heavy atom. The fourth-order valence-electron chi connectivity index (χ4n) is 2.23. The number of anilines is 1. The third kappa shape index (κ3) is 2.12. The number of nitrogens with zero attached hydrogens (tertiary/aromatic N) is 4. The molecule has 0 fully saturated rings. The van der Waals surface area contributed by atoms with Crippen LogP contribution in [0.1, 0.15) is 18.1 Å². The van der Waals surface area contributed by atoms with E-state index in [1.54, 1.807) is 0 Å². The van der Waals surface area contributed by atoms with E-state index >= 15 is 0 Å². The largest absolute Gasteiger partial charge is 0.371 e. The van der Waals surface area contributed by atoms with Crippen molar-refractivity contribution in [2.24, 2.45) is 5.11 Å². The van der Waals surface area contributed by atoms with E-state index in [2.05, 4.69) is 40.0 Å². The molecule has 0 radical (unpaired) electrons. The van der Waals surface area contributed by atoms with Crippen LogP contribution >= 0.6 is 0 Å². The Morgan fingerprint density at radius 3 is 3.12 bits per heavy atom. The van der Waals surface area contributed by atoms with Crippen molar-refractivity contribution in [2.45, 2.75) is 19.8 Å². The van der Waals surface area contributed by atoms with Crippen molar-refractivity contribution >= 4 is 5.69 Å². The van der Waals surface area contributed by atoms with Crippen LogP contribution in [0.2, 0.25) is 0 Å². The van der Waals surface area contributed by atoms with Crippen LogP contribution < -0.4 is 4.90 Å². The van der Waals surface area contributed by atoms with Gasteiger partial charge in [-0.05, 0) is 42.5 Å². The molecule has 0 aromatic heterocycles. The van der Waals surface area contributed by atoms with Crippen LogP contribution in [0.4, 0.5) is 5.69 Å². The number of rotatable bonds is 4. The first kappa shape index (κ1) is 10.8. The first-order chi connectivity index (χ1) is 7.85. The highest BCUT2D eigenvalue weighted by atomic mass is 15.1. The molecular formula is C12H16N4. The molecular weight excluding hydrogens is 200 g/mol. The summed E-state index contributed by atoms with van der Waals surface area (Å²) in [5.74, 6) is 0. The van der Waals surface area contributed by atoms with E-state index in [1.165, 1.54) is 16.8 Å². The lowest BCUT2D eigenvalue weighted by atomic mass is 10.1. The average Bonchev–Trinajstić information content (AvgIpc) is 2.71. The van der Waals surface area contributed by atoms with Crippen LogP contribution in [0.15, 0.2) is 23.3 Å². The first-order valence-corrected chi connectivity index (χ1v) is 5.72. The number of likely N-dealkylation sites (N-methyl/N-ethyl adjacent to an activating group) is 1. The fraction of sp³-hybridized carbons (Fsp3) is 0.500. The topological polar surface area (TPSA) is 52.0 Å². The second kappa shape index (κ2) is 4.90. The van der Waals surface area contributed by atoms with Crippen LogP contribution in [0.5, 0.6) is 0 Å². The summed E-state index contributed by atoms with van der Waals surface area (Å²) in [6.07, 6.45) is 1.97. The van der Waals surface area contributed by atoms with Gasteiger partial charge in [-0.2, -0.15) is 0 Å². The van der Waals surface area contributed by atoms with Crippen molar-refractivity contribution < 1.29 is 0 Å². The minimum Gasteiger partial charge on any atom is -0.371 e. The highest BCUT2D eigenvalue weighted by molar-refractivity contribution is 5.59. The van der Waals surface area contributed by atoms with Gasteiger partial charge in [0.15, 0.2) is 0 Å². The highest BCUT2D eigenvalue weighted by Crippen LogP contribution is 2.28. The molecule has 0 amide bonds. The monoisotopic (exact) mass is 216 g/mol. The molecule has 84 valence electrons. The third-order valence-electron chi connectivity index (χ3n) is 3.08. The Morgan fingerprint density at radius 2 is 2.38 bits per heavy atom. The number of azide groups is 1. The lowest BCUT2D eigenvalue weighted by Crippen LogP contribution is -2.18. The fourth-order valence-corrected chi connectivity index (χ4v) is 2.23. The van der Waals surface area contributed by atoms with Crippen molar-refractivity contribution in [3.8, 4) is 0 Å². The molecule has 0 atom stereocenters. The van der Waals surface area contributed by atoms with Gasteiger partial charge in [0, 0.05) is 30.2 Å². The minimum atomic E-state index is 0.548. The maximum atomic E-state index is 8.22. The molecule has 0 saturated carbocycles. The number of fused-ring (bicyclic) bond motifs is 1. The number of hydrogen-bond acceptors (Lipinski definition) is 2. The summed E-state index contributed by atoms with van der Waals surface area (Å²) in [5.41, 5.74) is 12.3. The zero-order valence-corrected chi connectivity index (χ0v) is 9.56. The molecule has 1 aliphatic heterocycles. The highest BCUT2D eigenvalue weighted by Gasteiger charge is 2.17. The normalized spacial score (nSPS) is 13.4. The van der Waals surface area contributed by atoms with Gasteiger partial charge in [0.1, 0.15) is 0 Å². The molecule has 0 spiro atoms. The van der Waals surface area contributed by atoms with E-state index in [4.69, 9.17) is 5.53 Å². The van der Waals surface area contributed by atoms with Gasteiger partial charge in [-0.1, -0.05) is 17.2 Å². The van der Waals surface area contributed by atoms with Gasteiger partial charge in [0.05, 0.1) is 0 Å². The smallest absolute Gasteiger partial charge is 0.0399 e. The molecule has 0 saturated heterocycles. The molecule has 1 aromatic carbocycles. The molecule has 1 aromatic rings. The molecule has 0 aliphatic carbocycles. The van der Waals surface area contributed by atoms with Crippen molar-refractivity contribution in [3.63, 3.8) is 0 Å². The molecule has 4 nitrogen and oxygen atoms in total. The van der Waals surface area contributed by atoms with Gasteiger partial charge in [-0.25, -0.2) is 0 Å². The molecule has 1 aliphatic rings. The number of benzene rings is 1. The van der Waals surface area contributed by atoms with E-state index in [9.17, 15) is 0 Å². The van der Waals surface area contributed by atoms with Gasteiger partial charge < -0.3 is 4.90 Å². The van der Waals surface area contributed by atoms with E-state index in [0.29, 0.717) is 6.54 Å². The summed E-state index contributed by atoms with van der Waals surface area (Å²) in [5, 5.41) is 3.56. The van der Waals surface area contributed by atoms with Crippen LogP contribution in [0.25, 0.3) is 10.4 Å². The minimum absolute atomic E-state index is 0.548. The molecule has 0 bridgehead atoms. The lowest BCUT2D eigenvalue weighted by molar-refractivity contribution is 0.868. The van der Waals surface area contributed by atoms with Crippen LogP contribution in [0, 0.1) is 0 Å². The third-order valence-corrected chi connectivity index (χ3v) is 3.08. The molecule has 2 rings (SSSR count). The quantitative estimate of drug-likeness (QED) is 0.433. The zero-order chi connectivity index (χ0) is 11.4. The summed E-state index contributed by atoms with van der Waals surface area (Å²) in [7, 11) is 0. The first-order valence-electron chi connectivity index (χ1n) is 5.72.